The number of fused-ring (bicyclic) bond motifs is 1. The molecule has 0 saturated heterocycles. The summed E-state index contributed by atoms with van der Waals surface area (Å²) in [6.45, 7) is 4.72. The molecule has 0 aliphatic carbocycles. The number of benzene rings is 2. The van der Waals surface area contributed by atoms with Crippen molar-refractivity contribution in [1.29, 1.82) is 0 Å². The monoisotopic (exact) mass is 443 g/mol. The van der Waals surface area contributed by atoms with E-state index >= 15 is 0 Å². The second kappa shape index (κ2) is 11.2. The Morgan fingerprint density at radius 2 is 2.06 bits per heavy atom. The number of carbonyl (C=O) groups is 1. The van der Waals surface area contributed by atoms with E-state index in [4.69, 9.17) is 4.74 Å². The second-order valence-corrected chi connectivity index (χ2v) is 8.60. The minimum Gasteiger partial charge on any atom is -0.490 e. The molecule has 0 radical (unpaired) electrons. The van der Waals surface area contributed by atoms with E-state index in [1.165, 1.54) is 36.1 Å². The largest absolute Gasteiger partial charge is 0.490 e. The second-order valence-electron chi connectivity index (χ2n) is 7.61. The number of hydrogen-bond acceptors (Lipinski definition) is 6. The first-order valence-electron chi connectivity index (χ1n) is 10.5. The molecule has 1 aliphatic heterocycles. The molecule has 0 saturated carbocycles. The Balaban J connectivity index is 1.44. The molecule has 1 N–H and O–H groups in total. The summed E-state index contributed by atoms with van der Waals surface area (Å²) in [5, 5.41) is 14.2. The molecule has 1 amide bonds. The summed E-state index contributed by atoms with van der Waals surface area (Å²) in [5.41, 5.74) is 3.54. The van der Waals surface area contributed by atoms with Crippen molar-refractivity contribution in [2.45, 2.75) is 38.1 Å². The van der Waals surface area contributed by atoms with Crippen LogP contribution >= 0.6 is 11.8 Å². The summed E-state index contributed by atoms with van der Waals surface area (Å²) < 4.78 is 5.02. The Labute approximate surface area is 187 Å². The molecule has 2 aromatic carbocycles. The lowest BCUT2D eigenvalue weighted by Crippen LogP contribution is -2.46. The van der Waals surface area contributed by atoms with Gasteiger partial charge in [0.1, 0.15) is 0 Å². The van der Waals surface area contributed by atoms with Crippen LogP contribution in [-0.2, 0) is 23.5 Å². The van der Waals surface area contributed by atoms with Crippen LogP contribution in [0.1, 0.15) is 30.0 Å². The van der Waals surface area contributed by atoms with Crippen molar-refractivity contribution in [3.63, 3.8) is 0 Å². The number of thioether (sulfide) groups is 1. The maximum Gasteiger partial charge on any atom is 0.311 e. The molecule has 0 fully saturated rings. The molecule has 2 aromatic rings. The number of hydrogen-bond donors (Lipinski definition) is 1. The van der Waals surface area contributed by atoms with Crippen molar-refractivity contribution in [3.05, 3.63) is 69.3 Å². The molecule has 0 aromatic heterocycles. The van der Waals surface area contributed by atoms with E-state index in [0.717, 1.165) is 31.5 Å². The Morgan fingerprint density at radius 3 is 2.77 bits per heavy atom. The summed E-state index contributed by atoms with van der Waals surface area (Å²) >= 11 is 1.44. The fourth-order valence-corrected chi connectivity index (χ4v) is 4.68. The van der Waals surface area contributed by atoms with E-state index in [-0.39, 0.29) is 17.3 Å². The predicted molar refractivity (Wildman–Crippen MR) is 123 cm³/mol. The number of carbonyl (C=O) groups excluding carboxylic acids is 1. The highest BCUT2D eigenvalue weighted by Gasteiger charge is 2.22. The van der Waals surface area contributed by atoms with Crippen molar-refractivity contribution < 1.29 is 14.5 Å². The standard InChI is InChI=1S/C23H29N3O4S/c1-3-20(25-11-10-18-6-4-5-7-19(18)14-25)13-24-23(27)16-31-15-17-8-9-22(30-2)21(12-17)26(28)29/h4-9,12,20H,3,10-11,13-16H2,1-2H3,(H,24,27). The number of nitrogens with one attached hydrogen (secondary N) is 1. The highest BCUT2D eigenvalue weighted by molar-refractivity contribution is 7.99. The molecule has 1 heterocycles. The topological polar surface area (TPSA) is 84.7 Å². The van der Waals surface area contributed by atoms with Crippen LogP contribution in [0.25, 0.3) is 0 Å². The van der Waals surface area contributed by atoms with Crippen LogP contribution in [-0.4, -0.2) is 47.7 Å². The predicted octanol–water partition coefficient (Wildman–Crippen LogP) is 3.79. The Kier molecular flexibility index (Phi) is 8.31. The molecule has 0 bridgehead atoms. The third-order valence-corrected chi connectivity index (χ3v) is 6.63. The molecule has 1 aliphatic rings. The van der Waals surface area contributed by atoms with Crippen LogP contribution in [0.2, 0.25) is 0 Å². The van der Waals surface area contributed by atoms with Gasteiger partial charge in [0.2, 0.25) is 5.91 Å². The van der Waals surface area contributed by atoms with Gasteiger partial charge in [-0.25, -0.2) is 0 Å². The van der Waals surface area contributed by atoms with E-state index in [1.807, 2.05) is 0 Å². The normalized spacial score (nSPS) is 14.5. The van der Waals surface area contributed by atoms with Gasteiger partial charge >= 0.3 is 5.69 Å². The first-order chi connectivity index (χ1) is 15.0. The molecule has 8 heteroatoms. The van der Waals surface area contributed by atoms with Gasteiger partial charge in [-0.2, -0.15) is 0 Å². The van der Waals surface area contributed by atoms with Crippen LogP contribution in [0.4, 0.5) is 5.69 Å². The van der Waals surface area contributed by atoms with Gasteiger partial charge in [0.25, 0.3) is 0 Å². The maximum absolute atomic E-state index is 12.3. The number of nitro benzene ring substituents is 1. The summed E-state index contributed by atoms with van der Waals surface area (Å²) in [6, 6.07) is 13.8. The van der Waals surface area contributed by atoms with Crippen molar-refractivity contribution in [1.82, 2.24) is 10.2 Å². The number of ether oxygens (including phenoxy) is 1. The first-order valence-corrected chi connectivity index (χ1v) is 11.6. The van der Waals surface area contributed by atoms with Gasteiger partial charge in [-0.3, -0.25) is 19.8 Å². The number of methoxy groups -OCH3 is 1. The van der Waals surface area contributed by atoms with Crippen LogP contribution in [0.15, 0.2) is 42.5 Å². The fraction of sp³-hybridized carbons (Fsp3) is 0.435. The molecule has 0 spiro atoms. The van der Waals surface area contributed by atoms with Gasteiger partial charge in [-0.15, -0.1) is 11.8 Å². The van der Waals surface area contributed by atoms with E-state index in [2.05, 4.69) is 41.4 Å². The van der Waals surface area contributed by atoms with Crippen molar-refractivity contribution in [3.8, 4) is 5.75 Å². The summed E-state index contributed by atoms with van der Waals surface area (Å²) in [6.07, 6.45) is 2.02. The van der Waals surface area contributed by atoms with Crippen LogP contribution < -0.4 is 10.1 Å². The van der Waals surface area contributed by atoms with Gasteiger partial charge in [-0.05, 0) is 35.6 Å². The lowest BCUT2D eigenvalue weighted by Gasteiger charge is -2.35. The number of nitro groups is 1. The quantitative estimate of drug-likeness (QED) is 0.444. The summed E-state index contributed by atoms with van der Waals surface area (Å²) in [4.78, 5) is 25.5. The molecular weight excluding hydrogens is 414 g/mol. The average molecular weight is 444 g/mol. The third-order valence-electron chi connectivity index (χ3n) is 5.62. The van der Waals surface area contributed by atoms with Crippen LogP contribution in [0.3, 0.4) is 0 Å². The van der Waals surface area contributed by atoms with Crippen LogP contribution in [0, 0.1) is 10.1 Å². The van der Waals surface area contributed by atoms with Crippen molar-refractivity contribution >= 4 is 23.4 Å². The smallest absolute Gasteiger partial charge is 0.311 e. The third kappa shape index (κ3) is 6.21. The van der Waals surface area contributed by atoms with Crippen molar-refractivity contribution in [2.24, 2.45) is 0 Å². The molecule has 166 valence electrons. The molecule has 31 heavy (non-hydrogen) atoms. The number of amides is 1. The highest BCUT2D eigenvalue weighted by atomic mass is 32.2. The maximum atomic E-state index is 12.3. The molecular formula is C23H29N3O4S. The zero-order valence-corrected chi connectivity index (χ0v) is 18.8. The molecule has 1 unspecified atom stereocenters. The van der Waals surface area contributed by atoms with E-state index in [9.17, 15) is 14.9 Å². The van der Waals surface area contributed by atoms with Gasteiger partial charge < -0.3 is 10.1 Å². The minimum absolute atomic E-state index is 0.0103. The lowest BCUT2D eigenvalue weighted by atomic mass is 9.98. The lowest BCUT2D eigenvalue weighted by molar-refractivity contribution is -0.385. The molecule has 1 atom stereocenters. The number of nitrogens with zero attached hydrogens (tertiary/aromatic N) is 2. The SMILES string of the molecule is CCC(CNC(=O)CSCc1ccc(OC)c([N+](=O)[O-])c1)N1CCc2ccccc2C1. The zero-order chi connectivity index (χ0) is 22.2. The Morgan fingerprint density at radius 1 is 1.29 bits per heavy atom. The zero-order valence-electron chi connectivity index (χ0n) is 18.0. The van der Waals surface area contributed by atoms with E-state index in [1.54, 1.807) is 12.1 Å². The first kappa shape index (κ1) is 23.1. The van der Waals surface area contributed by atoms with Gasteiger partial charge in [-0.1, -0.05) is 37.3 Å². The minimum atomic E-state index is -0.455. The van der Waals surface area contributed by atoms with Gasteiger partial charge in [0, 0.05) is 37.5 Å². The number of rotatable bonds is 10. The van der Waals surface area contributed by atoms with Gasteiger partial charge in [0.15, 0.2) is 5.75 Å². The van der Waals surface area contributed by atoms with Crippen molar-refractivity contribution in [2.75, 3.05) is 26.0 Å². The Bertz CT molecular complexity index is 921. The molecule has 3 rings (SSSR count). The van der Waals surface area contributed by atoms with Gasteiger partial charge in [0.05, 0.1) is 17.8 Å². The van der Waals surface area contributed by atoms with E-state index in [0.29, 0.717) is 24.1 Å². The summed E-state index contributed by atoms with van der Waals surface area (Å²) in [7, 11) is 1.41. The average Bonchev–Trinajstić information content (AvgIpc) is 2.79. The van der Waals surface area contributed by atoms with Crippen LogP contribution in [0.5, 0.6) is 5.75 Å². The van der Waals surface area contributed by atoms with E-state index < -0.39 is 4.92 Å². The summed E-state index contributed by atoms with van der Waals surface area (Å²) in [5.74, 6) is 1.07. The fourth-order valence-electron chi connectivity index (χ4n) is 3.87. The Hall–Kier alpha value is -2.58. The molecule has 7 nitrogen and oxygen atoms in total. The highest BCUT2D eigenvalue weighted by Crippen LogP contribution is 2.29.